The van der Waals surface area contributed by atoms with E-state index in [1.165, 1.54) is 24.8 Å². The van der Waals surface area contributed by atoms with Gasteiger partial charge in [0.15, 0.2) is 0 Å². The predicted octanol–water partition coefficient (Wildman–Crippen LogP) is 3.66. The van der Waals surface area contributed by atoms with Crippen molar-refractivity contribution in [3.05, 3.63) is 29.3 Å². The molecule has 0 aromatic heterocycles. The van der Waals surface area contributed by atoms with Crippen molar-refractivity contribution in [2.24, 2.45) is 17.6 Å². The summed E-state index contributed by atoms with van der Waals surface area (Å²) in [6.45, 7) is 7.33. The van der Waals surface area contributed by atoms with Gasteiger partial charge in [-0.05, 0) is 49.7 Å². The van der Waals surface area contributed by atoms with E-state index in [1.807, 2.05) is 0 Å². The Hall–Kier alpha value is -1.02. The minimum absolute atomic E-state index is 0.364. The van der Waals surface area contributed by atoms with Crippen LogP contribution in [0.4, 0.5) is 0 Å². The highest BCUT2D eigenvalue weighted by Gasteiger charge is 2.26. The number of rotatable bonds is 3. The van der Waals surface area contributed by atoms with Crippen LogP contribution in [0.1, 0.15) is 44.2 Å². The van der Waals surface area contributed by atoms with Gasteiger partial charge in [0.05, 0.1) is 6.10 Å². The first-order chi connectivity index (χ1) is 8.60. The first-order valence-electron chi connectivity index (χ1n) is 7.06. The van der Waals surface area contributed by atoms with Gasteiger partial charge in [0.25, 0.3) is 0 Å². The zero-order valence-electron chi connectivity index (χ0n) is 11.8. The van der Waals surface area contributed by atoms with Gasteiger partial charge in [0.2, 0.25) is 0 Å². The van der Waals surface area contributed by atoms with E-state index < -0.39 is 0 Å². The van der Waals surface area contributed by atoms with Crippen molar-refractivity contribution in [1.82, 2.24) is 0 Å². The summed E-state index contributed by atoms with van der Waals surface area (Å²) in [6.07, 6.45) is 3.97. The Morgan fingerprint density at radius 3 is 2.67 bits per heavy atom. The summed E-state index contributed by atoms with van der Waals surface area (Å²) in [5, 5.41) is 0. The third-order valence-electron chi connectivity index (χ3n) is 4.29. The lowest BCUT2D eigenvalue weighted by Gasteiger charge is -2.32. The minimum Gasteiger partial charge on any atom is -0.490 e. The van der Waals surface area contributed by atoms with Gasteiger partial charge in [-0.15, -0.1) is 0 Å². The lowest BCUT2D eigenvalue weighted by Crippen LogP contribution is -2.29. The Morgan fingerprint density at radius 2 is 2.00 bits per heavy atom. The maximum Gasteiger partial charge on any atom is 0.124 e. The number of hydrogen-bond acceptors (Lipinski definition) is 2. The van der Waals surface area contributed by atoms with Crippen LogP contribution in [0.2, 0.25) is 0 Å². The van der Waals surface area contributed by atoms with Crippen LogP contribution < -0.4 is 10.5 Å². The molecule has 0 saturated heterocycles. The number of nitrogens with two attached hydrogens (primary N) is 1. The quantitative estimate of drug-likeness (QED) is 0.884. The van der Waals surface area contributed by atoms with Gasteiger partial charge < -0.3 is 10.5 Å². The van der Waals surface area contributed by atoms with E-state index in [2.05, 4.69) is 39.0 Å². The molecule has 2 nitrogen and oxygen atoms in total. The highest BCUT2D eigenvalue weighted by Crippen LogP contribution is 2.32. The molecule has 2 rings (SSSR count). The zero-order valence-corrected chi connectivity index (χ0v) is 11.8. The summed E-state index contributed by atoms with van der Waals surface area (Å²) in [6, 6.07) is 6.30. The van der Waals surface area contributed by atoms with Crippen LogP contribution >= 0.6 is 0 Å². The number of hydrogen-bond donors (Lipinski definition) is 1. The summed E-state index contributed by atoms with van der Waals surface area (Å²) in [5.74, 6) is 2.58. The Balaban J connectivity index is 2.07. The van der Waals surface area contributed by atoms with Gasteiger partial charge >= 0.3 is 0 Å². The fourth-order valence-corrected chi connectivity index (χ4v) is 2.72. The Labute approximate surface area is 111 Å². The summed E-state index contributed by atoms with van der Waals surface area (Å²) >= 11 is 0. The fourth-order valence-electron chi connectivity index (χ4n) is 2.72. The summed E-state index contributed by atoms with van der Waals surface area (Å²) in [4.78, 5) is 0. The first kappa shape index (κ1) is 13.4. The first-order valence-corrected chi connectivity index (χ1v) is 7.06. The van der Waals surface area contributed by atoms with Gasteiger partial charge in [-0.2, -0.15) is 0 Å². The van der Waals surface area contributed by atoms with E-state index in [0.29, 0.717) is 12.6 Å². The zero-order chi connectivity index (χ0) is 13.1. The SMILES string of the molecule is Cc1ccc(CN)c(OC2CCC(C)C(C)C2)c1. The van der Waals surface area contributed by atoms with Crippen molar-refractivity contribution in [1.29, 1.82) is 0 Å². The van der Waals surface area contributed by atoms with Crippen LogP contribution in [0.5, 0.6) is 5.75 Å². The smallest absolute Gasteiger partial charge is 0.124 e. The predicted molar refractivity (Wildman–Crippen MR) is 75.7 cm³/mol. The molecule has 0 radical (unpaired) electrons. The van der Waals surface area contributed by atoms with Crippen LogP contribution in [0.3, 0.4) is 0 Å². The normalized spacial score (nSPS) is 28.1. The molecule has 0 bridgehead atoms. The summed E-state index contributed by atoms with van der Waals surface area (Å²) < 4.78 is 6.20. The van der Waals surface area contributed by atoms with Crippen molar-refractivity contribution in [2.75, 3.05) is 0 Å². The maximum atomic E-state index is 6.20. The molecule has 1 fully saturated rings. The molecule has 18 heavy (non-hydrogen) atoms. The molecular weight excluding hydrogens is 222 g/mol. The number of ether oxygens (including phenoxy) is 1. The van der Waals surface area contributed by atoms with E-state index in [4.69, 9.17) is 10.5 Å². The van der Waals surface area contributed by atoms with E-state index >= 15 is 0 Å². The van der Waals surface area contributed by atoms with Gasteiger partial charge in [0.1, 0.15) is 5.75 Å². The van der Waals surface area contributed by atoms with E-state index in [-0.39, 0.29) is 0 Å². The summed E-state index contributed by atoms with van der Waals surface area (Å²) in [7, 11) is 0. The van der Waals surface area contributed by atoms with Crippen LogP contribution in [-0.4, -0.2) is 6.10 Å². The molecule has 0 amide bonds. The standard InChI is InChI=1S/C16H25NO/c1-11-4-6-14(10-17)16(8-11)18-15-7-5-12(2)13(3)9-15/h4,6,8,12-13,15H,5,7,9-10,17H2,1-3H3. The molecule has 1 aromatic rings. The van der Waals surface area contributed by atoms with Crippen molar-refractivity contribution in [2.45, 2.75) is 52.7 Å². The molecule has 2 heteroatoms. The minimum atomic E-state index is 0.364. The highest BCUT2D eigenvalue weighted by molar-refractivity contribution is 5.37. The lowest BCUT2D eigenvalue weighted by atomic mass is 9.80. The Bertz CT molecular complexity index is 402. The van der Waals surface area contributed by atoms with Gasteiger partial charge in [0, 0.05) is 12.1 Å². The van der Waals surface area contributed by atoms with E-state index in [0.717, 1.165) is 23.1 Å². The largest absolute Gasteiger partial charge is 0.490 e. The summed E-state index contributed by atoms with van der Waals surface area (Å²) in [5.41, 5.74) is 8.13. The molecule has 1 aliphatic rings. The molecule has 3 unspecified atom stereocenters. The van der Waals surface area contributed by atoms with Crippen molar-refractivity contribution >= 4 is 0 Å². The number of aryl methyl sites for hydroxylation is 1. The molecule has 3 atom stereocenters. The molecule has 0 aliphatic heterocycles. The molecule has 1 aromatic carbocycles. The third-order valence-corrected chi connectivity index (χ3v) is 4.29. The highest BCUT2D eigenvalue weighted by atomic mass is 16.5. The van der Waals surface area contributed by atoms with Crippen molar-refractivity contribution in [3.8, 4) is 5.75 Å². The monoisotopic (exact) mass is 247 g/mol. The van der Waals surface area contributed by atoms with Gasteiger partial charge in [-0.1, -0.05) is 26.0 Å². The second-order valence-electron chi connectivity index (χ2n) is 5.82. The molecule has 100 valence electrons. The second kappa shape index (κ2) is 5.75. The Kier molecular flexibility index (Phi) is 4.28. The number of benzene rings is 1. The third kappa shape index (κ3) is 3.05. The average molecular weight is 247 g/mol. The molecule has 2 N–H and O–H groups in total. The second-order valence-corrected chi connectivity index (χ2v) is 5.82. The van der Waals surface area contributed by atoms with Crippen LogP contribution in [0, 0.1) is 18.8 Å². The van der Waals surface area contributed by atoms with Crippen LogP contribution in [0.25, 0.3) is 0 Å². The molecule has 0 heterocycles. The molecule has 1 saturated carbocycles. The van der Waals surface area contributed by atoms with Crippen molar-refractivity contribution < 1.29 is 4.74 Å². The van der Waals surface area contributed by atoms with Crippen LogP contribution in [-0.2, 0) is 6.54 Å². The lowest BCUT2D eigenvalue weighted by molar-refractivity contribution is 0.0997. The molecule has 1 aliphatic carbocycles. The van der Waals surface area contributed by atoms with Gasteiger partial charge in [-0.25, -0.2) is 0 Å². The topological polar surface area (TPSA) is 35.2 Å². The van der Waals surface area contributed by atoms with E-state index in [9.17, 15) is 0 Å². The van der Waals surface area contributed by atoms with Crippen molar-refractivity contribution in [3.63, 3.8) is 0 Å². The Morgan fingerprint density at radius 1 is 1.22 bits per heavy atom. The molecule has 0 spiro atoms. The van der Waals surface area contributed by atoms with Crippen LogP contribution in [0.15, 0.2) is 18.2 Å². The van der Waals surface area contributed by atoms with E-state index in [1.54, 1.807) is 0 Å². The fraction of sp³-hybridized carbons (Fsp3) is 0.625. The van der Waals surface area contributed by atoms with Gasteiger partial charge in [-0.3, -0.25) is 0 Å². The average Bonchev–Trinajstić information content (AvgIpc) is 2.34. The maximum absolute atomic E-state index is 6.20. The molecular formula is C16H25NO.